The predicted molar refractivity (Wildman–Crippen MR) is 64.4 cm³/mol. The van der Waals surface area contributed by atoms with Crippen LogP contribution in [0.25, 0.3) is 10.9 Å². The summed E-state index contributed by atoms with van der Waals surface area (Å²) in [4.78, 5) is 4.38. The van der Waals surface area contributed by atoms with E-state index in [4.69, 9.17) is 4.74 Å². The molecule has 1 atom stereocenters. The van der Waals surface area contributed by atoms with Crippen LogP contribution in [0.2, 0.25) is 0 Å². The lowest BCUT2D eigenvalue weighted by Gasteiger charge is -2.10. The number of hydrogen-bond donors (Lipinski definition) is 0. The van der Waals surface area contributed by atoms with Crippen LogP contribution in [-0.2, 0) is 11.2 Å². The number of benzene rings is 1. The van der Waals surface area contributed by atoms with Gasteiger partial charge in [0.25, 0.3) is 0 Å². The third-order valence-corrected chi connectivity index (χ3v) is 3.45. The quantitative estimate of drug-likeness (QED) is 0.732. The van der Waals surface area contributed by atoms with Crippen molar-refractivity contribution in [2.24, 2.45) is 0 Å². The van der Waals surface area contributed by atoms with Gasteiger partial charge in [0, 0.05) is 18.0 Å². The monoisotopic (exact) mass is 213 g/mol. The summed E-state index contributed by atoms with van der Waals surface area (Å²) in [5.74, 6) is 0. The van der Waals surface area contributed by atoms with E-state index in [0.29, 0.717) is 0 Å². The Bertz CT molecular complexity index is 512. The Morgan fingerprint density at radius 3 is 2.94 bits per heavy atom. The molecule has 2 heteroatoms. The summed E-state index contributed by atoms with van der Waals surface area (Å²) in [6.45, 7) is 3.09. The fraction of sp³-hybridized carbons (Fsp3) is 0.357. The van der Waals surface area contributed by atoms with Crippen molar-refractivity contribution in [1.29, 1.82) is 0 Å². The molecule has 1 saturated heterocycles. The number of ether oxygens (including phenoxy) is 1. The lowest BCUT2D eigenvalue weighted by Crippen LogP contribution is -2.13. The molecule has 2 nitrogen and oxygen atoms in total. The van der Waals surface area contributed by atoms with Crippen LogP contribution in [0, 0.1) is 0 Å². The SMILES string of the molecule is CCC1(Cc2cccc3ncccc23)CO1. The molecular formula is C14H15NO. The summed E-state index contributed by atoms with van der Waals surface area (Å²) in [5, 5.41) is 1.26. The third-order valence-electron chi connectivity index (χ3n) is 3.45. The van der Waals surface area contributed by atoms with Gasteiger partial charge in [-0.1, -0.05) is 25.1 Å². The van der Waals surface area contributed by atoms with Gasteiger partial charge in [-0.2, -0.15) is 0 Å². The smallest absolute Gasteiger partial charge is 0.0954 e. The number of nitrogens with zero attached hydrogens (tertiary/aromatic N) is 1. The standard InChI is InChI=1S/C14H15NO/c1-2-14(10-16-14)9-11-5-3-7-13-12(11)6-4-8-15-13/h3-8H,2,9-10H2,1H3. The summed E-state index contributed by atoms with van der Waals surface area (Å²) >= 11 is 0. The summed E-state index contributed by atoms with van der Waals surface area (Å²) in [6.07, 6.45) is 3.94. The van der Waals surface area contributed by atoms with Crippen LogP contribution in [0.15, 0.2) is 36.5 Å². The van der Waals surface area contributed by atoms with Crippen molar-refractivity contribution in [1.82, 2.24) is 4.98 Å². The first-order valence-electron chi connectivity index (χ1n) is 5.80. The summed E-state index contributed by atoms with van der Waals surface area (Å²) in [7, 11) is 0. The lowest BCUT2D eigenvalue weighted by molar-refractivity contribution is 0.295. The maximum Gasteiger partial charge on any atom is 0.0954 e. The van der Waals surface area contributed by atoms with E-state index in [1.807, 2.05) is 12.3 Å². The molecule has 1 fully saturated rings. The molecule has 0 N–H and O–H groups in total. The van der Waals surface area contributed by atoms with Gasteiger partial charge in [0.2, 0.25) is 0 Å². The molecule has 0 radical (unpaired) electrons. The Balaban J connectivity index is 2.03. The molecule has 0 aliphatic carbocycles. The van der Waals surface area contributed by atoms with Gasteiger partial charge in [0.15, 0.2) is 0 Å². The lowest BCUT2D eigenvalue weighted by atomic mass is 9.95. The molecular weight excluding hydrogens is 198 g/mol. The van der Waals surface area contributed by atoms with Crippen LogP contribution in [0.1, 0.15) is 18.9 Å². The summed E-state index contributed by atoms with van der Waals surface area (Å²) in [6, 6.07) is 10.5. The van der Waals surface area contributed by atoms with Gasteiger partial charge in [0.1, 0.15) is 0 Å². The normalized spacial score (nSPS) is 23.6. The van der Waals surface area contributed by atoms with Crippen LogP contribution in [0.4, 0.5) is 0 Å². The van der Waals surface area contributed by atoms with E-state index in [2.05, 4.69) is 36.2 Å². The minimum atomic E-state index is 0.115. The Kier molecular flexibility index (Phi) is 2.18. The fourth-order valence-corrected chi connectivity index (χ4v) is 2.20. The number of epoxide rings is 1. The van der Waals surface area contributed by atoms with Gasteiger partial charge in [-0.15, -0.1) is 0 Å². The second-order valence-corrected chi connectivity index (χ2v) is 4.49. The Morgan fingerprint density at radius 2 is 2.19 bits per heavy atom. The van der Waals surface area contributed by atoms with E-state index < -0.39 is 0 Å². The summed E-state index contributed by atoms with van der Waals surface area (Å²) < 4.78 is 5.58. The molecule has 2 aromatic rings. The first-order valence-corrected chi connectivity index (χ1v) is 5.80. The van der Waals surface area contributed by atoms with Crippen LogP contribution >= 0.6 is 0 Å². The van der Waals surface area contributed by atoms with Crippen LogP contribution in [0.5, 0.6) is 0 Å². The van der Waals surface area contributed by atoms with Crippen LogP contribution in [0.3, 0.4) is 0 Å². The largest absolute Gasteiger partial charge is 0.369 e. The van der Waals surface area contributed by atoms with Crippen molar-refractivity contribution in [3.63, 3.8) is 0 Å². The number of pyridine rings is 1. The molecule has 82 valence electrons. The molecule has 1 aromatic heterocycles. The van der Waals surface area contributed by atoms with Crippen molar-refractivity contribution < 1.29 is 4.74 Å². The Labute approximate surface area is 95.3 Å². The molecule has 1 aliphatic heterocycles. The number of hydrogen-bond acceptors (Lipinski definition) is 2. The summed E-state index contributed by atoms with van der Waals surface area (Å²) in [5.41, 5.74) is 2.54. The van der Waals surface area contributed by atoms with E-state index in [0.717, 1.165) is 25.0 Å². The zero-order valence-electron chi connectivity index (χ0n) is 9.44. The molecule has 0 saturated carbocycles. The van der Waals surface area contributed by atoms with Crippen LogP contribution in [-0.4, -0.2) is 17.2 Å². The fourth-order valence-electron chi connectivity index (χ4n) is 2.20. The van der Waals surface area contributed by atoms with E-state index in [9.17, 15) is 0 Å². The minimum absolute atomic E-state index is 0.115. The van der Waals surface area contributed by atoms with Crippen molar-refractivity contribution in [2.75, 3.05) is 6.61 Å². The maximum absolute atomic E-state index is 5.58. The van der Waals surface area contributed by atoms with E-state index >= 15 is 0 Å². The highest BCUT2D eigenvalue weighted by atomic mass is 16.6. The van der Waals surface area contributed by atoms with Gasteiger partial charge in [-0.25, -0.2) is 0 Å². The van der Waals surface area contributed by atoms with Crippen molar-refractivity contribution in [2.45, 2.75) is 25.4 Å². The van der Waals surface area contributed by atoms with Crippen molar-refractivity contribution in [3.8, 4) is 0 Å². The van der Waals surface area contributed by atoms with Gasteiger partial charge in [0.05, 0.1) is 17.7 Å². The molecule has 16 heavy (non-hydrogen) atoms. The molecule has 1 unspecified atom stereocenters. The van der Waals surface area contributed by atoms with Gasteiger partial charge >= 0.3 is 0 Å². The molecule has 1 aliphatic rings. The second kappa shape index (κ2) is 3.56. The highest BCUT2D eigenvalue weighted by molar-refractivity contribution is 5.82. The zero-order valence-corrected chi connectivity index (χ0v) is 9.44. The number of rotatable bonds is 3. The molecule has 3 rings (SSSR count). The predicted octanol–water partition coefficient (Wildman–Crippen LogP) is 2.96. The molecule has 0 amide bonds. The zero-order chi connectivity index (χ0) is 11.0. The molecule has 1 aromatic carbocycles. The number of aromatic nitrogens is 1. The van der Waals surface area contributed by atoms with Crippen molar-refractivity contribution in [3.05, 3.63) is 42.1 Å². The molecule has 2 heterocycles. The Hall–Kier alpha value is -1.41. The molecule has 0 bridgehead atoms. The highest BCUT2D eigenvalue weighted by Crippen LogP contribution is 2.35. The van der Waals surface area contributed by atoms with Crippen molar-refractivity contribution >= 4 is 10.9 Å². The maximum atomic E-state index is 5.58. The first kappa shape index (κ1) is 9.79. The average molecular weight is 213 g/mol. The van der Waals surface area contributed by atoms with Gasteiger partial charge < -0.3 is 4.74 Å². The van der Waals surface area contributed by atoms with E-state index in [1.54, 1.807) is 0 Å². The first-order chi connectivity index (χ1) is 7.83. The second-order valence-electron chi connectivity index (χ2n) is 4.49. The Morgan fingerprint density at radius 1 is 1.31 bits per heavy atom. The topological polar surface area (TPSA) is 25.4 Å². The highest BCUT2D eigenvalue weighted by Gasteiger charge is 2.42. The van der Waals surface area contributed by atoms with Crippen LogP contribution < -0.4 is 0 Å². The van der Waals surface area contributed by atoms with Gasteiger partial charge in [-0.3, -0.25) is 4.98 Å². The average Bonchev–Trinajstić information content (AvgIpc) is 3.10. The molecule has 0 spiro atoms. The van der Waals surface area contributed by atoms with E-state index in [1.165, 1.54) is 10.9 Å². The third kappa shape index (κ3) is 1.59. The minimum Gasteiger partial charge on any atom is -0.369 e. The van der Waals surface area contributed by atoms with E-state index in [-0.39, 0.29) is 5.60 Å². The van der Waals surface area contributed by atoms with Gasteiger partial charge in [-0.05, 0) is 24.1 Å². The number of fused-ring (bicyclic) bond motifs is 1.